The molecule has 0 heterocycles. The quantitative estimate of drug-likeness (QED) is 0.615. The molecule has 0 saturated carbocycles. The number of anilines is 1. The summed E-state index contributed by atoms with van der Waals surface area (Å²) in [6.07, 6.45) is 0.941. The van der Waals surface area contributed by atoms with E-state index in [2.05, 4.69) is 17.2 Å². The Morgan fingerprint density at radius 1 is 1.30 bits per heavy atom. The third-order valence-electron chi connectivity index (χ3n) is 3.09. The molecule has 0 saturated heterocycles. The van der Waals surface area contributed by atoms with Gasteiger partial charge in [-0.3, -0.25) is 4.79 Å². The van der Waals surface area contributed by atoms with Gasteiger partial charge in [-0.25, -0.2) is 4.99 Å². The molecule has 0 aliphatic heterocycles. The van der Waals surface area contributed by atoms with Crippen molar-refractivity contribution >= 4 is 17.6 Å². The predicted octanol–water partition coefficient (Wildman–Crippen LogP) is 1.84. The van der Waals surface area contributed by atoms with E-state index >= 15 is 0 Å². The number of hydrogen-bond donors (Lipinski definition) is 2. The third-order valence-corrected chi connectivity index (χ3v) is 3.09. The smallest absolute Gasteiger partial charge is 0.246 e. The lowest BCUT2D eigenvalue weighted by molar-refractivity contribution is -0.114. The first-order chi connectivity index (χ1) is 9.60. The summed E-state index contributed by atoms with van der Waals surface area (Å²) in [5, 5.41) is 2.83. The monoisotopic (exact) mass is 276 g/mol. The molecule has 0 unspecified atom stereocenters. The number of hydrogen-bond acceptors (Lipinski definition) is 2. The van der Waals surface area contributed by atoms with E-state index in [1.807, 2.05) is 43.0 Å². The highest BCUT2D eigenvalue weighted by Crippen LogP contribution is 2.10. The summed E-state index contributed by atoms with van der Waals surface area (Å²) >= 11 is 0. The fourth-order valence-corrected chi connectivity index (χ4v) is 1.87. The fourth-order valence-electron chi connectivity index (χ4n) is 1.87. The number of aliphatic imine (C=N–C) groups is 1. The molecule has 0 bridgehead atoms. The van der Waals surface area contributed by atoms with Crippen LogP contribution >= 0.6 is 0 Å². The Labute approximate surface area is 120 Å². The Balaban J connectivity index is 2.57. The van der Waals surface area contributed by atoms with E-state index in [1.165, 1.54) is 5.56 Å². The zero-order chi connectivity index (χ0) is 15.0. The van der Waals surface area contributed by atoms with Crippen molar-refractivity contribution in [2.45, 2.75) is 27.2 Å². The third kappa shape index (κ3) is 4.91. The molecular weight excluding hydrogens is 252 g/mol. The van der Waals surface area contributed by atoms with Gasteiger partial charge < -0.3 is 16.0 Å². The zero-order valence-corrected chi connectivity index (χ0v) is 12.5. The molecule has 0 aliphatic rings. The Kier molecular flexibility index (Phi) is 6.56. The Bertz CT molecular complexity index is 467. The molecule has 0 aromatic heterocycles. The van der Waals surface area contributed by atoms with Crippen LogP contribution in [0.15, 0.2) is 29.3 Å². The van der Waals surface area contributed by atoms with Crippen molar-refractivity contribution in [3.8, 4) is 0 Å². The lowest BCUT2D eigenvalue weighted by Gasteiger charge is -2.19. The number of nitrogens with zero attached hydrogens (tertiary/aromatic N) is 2. The van der Waals surface area contributed by atoms with Crippen LogP contribution in [-0.4, -0.2) is 36.4 Å². The number of benzene rings is 1. The van der Waals surface area contributed by atoms with Gasteiger partial charge in [-0.1, -0.05) is 19.1 Å². The number of nitrogens with two attached hydrogens (primary N) is 1. The number of amides is 1. The molecule has 0 atom stereocenters. The summed E-state index contributed by atoms with van der Waals surface area (Å²) in [6, 6.07) is 7.80. The van der Waals surface area contributed by atoms with Crippen molar-refractivity contribution in [2.75, 3.05) is 25.0 Å². The molecule has 1 amide bonds. The van der Waals surface area contributed by atoms with Crippen molar-refractivity contribution in [3.63, 3.8) is 0 Å². The summed E-state index contributed by atoms with van der Waals surface area (Å²) in [4.78, 5) is 17.8. The molecule has 0 aliphatic carbocycles. The molecular formula is C15H24N4O. The maximum absolute atomic E-state index is 11.8. The van der Waals surface area contributed by atoms with Crippen LogP contribution in [0.5, 0.6) is 0 Å². The van der Waals surface area contributed by atoms with Crippen molar-refractivity contribution < 1.29 is 4.79 Å². The van der Waals surface area contributed by atoms with Gasteiger partial charge in [-0.2, -0.15) is 0 Å². The van der Waals surface area contributed by atoms with Crippen molar-refractivity contribution in [2.24, 2.45) is 10.7 Å². The van der Waals surface area contributed by atoms with Gasteiger partial charge in [0.15, 0.2) is 5.96 Å². The standard InChI is InChI=1S/C15H24N4O/c1-4-12-8-7-9-13(10-12)18-14(20)11-17-15(16)19(5-2)6-3/h7-10H,4-6,11H2,1-3H3,(H2,16,17)(H,18,20). The second kappa shape index (κ2) is 8.19. The molecule has 0 fully saturated rings. The van der Waals surface area contributed by atoms with Crippen LogP contribution in [0.2, 0.25) is 0 Å². The average molecular weight is 276 g/mol. The van der Waals surface area contributed by atoms with Gasteiger partial charge in [-0.15, -0.1) is 0 Å². The van der Waals surface area contributed by atoms with Gasteiger partial charge in [0, 0.05) is 18.8 Å². The summed E-state index contributed by atoms with van der Waals surface area (Å²) in [6.45, 7) is 7.69. The Morgan fingerprint density at radius 3 is 2.60 bits per heavy atom. The van der Waals surface area contributed by atoms with Gasteiger partial charge in [0.25, 0.3) is 0 Å². The predicted molar refractivity (Wildman–Crippen MR) is 83.9 cm³/mol. The minimum atomic E-state index is -0.159. The second-order valence-electron chi connectivity index (χ2n) is 4.45. The summed E-state index contributed by atoms with van der Waals surface area (Å²) in [5.74, 6) is 0.251. The van der Waals surface area contributed by atoms with E-state index in [4.69, 9.17) is 5.73 Å². The van der Waals surface area contributed by atoms with E-state index < -0.39 is 0 Å². The first-order valence-electron chi connectivity index (χ1n) is 7.04. The topological polar surface area (TPSA) is 70.7 Å². The van der Waals surface area contributed by atoms with Gasteiger partial charge in [-0.05, 0) is 38.0 Å². The number of carbonyl (C=O) groups is 1. The molecule has 3 N–H and O–H groups in total. The van der Waals surface area contributed by atoms with E-state index in [0.29, 0.717) is 5.96 Å². The summed E-state index contributed by atoms with van der Waals surface area (Å²) in [5.41, 5.74) is 7.81. The first-order valence-corrected chi connectivity index (χ1v) is 7.04. The number of carbonyl (C=O) groups excluding carboxylic acids is 1. The first kappa shape index (κ1) is 16.0. The van der Waals surface area contributed by atoms with E-state index in [-0.39, 0.29) is 12.5 Å². The number of guanidine groups is 1. The van der Waals surface area contributed by atoms with Gasteiger partial charge in [0.1, 0.15) is 6.54 Å². The highest BCUT2D eigenvalue weighted by molar-refractivity contribution is 5.93. The Morgan fingerprint density at radius 2 is 2.00 bits per heavy atom. The molecule has 1 rings (SSSR count). The molecule has 0 radical (unpaired) electrons. The SMILES string of the molecule is CCc1cccc(NC(=O)CN=C(N)N(CC)CC)c1. The van der Waals surface area contributed by atoms with E-state index in [0.717, 1.165) is 25.2 Å². The van der Waals surface area contributed by atoms with Crippen LogP contribution < -0.4 is 11.1 Å². The molecule has 0 spiro atoms. The van der Waals surface area contributed by atoms with E-state index in [9.17, 15) is 4.79 Å². The summed E-state index contributed by atoms with van der Waals surface area (Å²) < 4.78 is 0. The normalized spacial score (nSPS) is 11.2. The maximum atomic E-state index is 11.8. The molecule has 20 heavy (non-hydrogen) atoms. The number of rotatable bonds is 6. The number of nitrogens with one attached hydrogen (secondary N) is 1. The largest absolute Gasteiger partial charge is 0.370 e. The van der Waals surface area contributed by atoms with Gasteiger partial charge in [0.05, 0.1) is 0 Å². The van der Waals surface area contributed by atoms with E-state index in [1.54, 1.807) is 0 Å². The molecule has 1 aromatic carbocycles. The van der Waals surface area contributed by atoms with Crippen molar-refractivity contribution in [1.29, 1.82) is 0 Å². The van der Waals surface area contributed by atoms with Crippen LogP contribution in [0.3, 0.4) is 0 Å². The average Bonchev–Trinajstić information content (AvgIpc) is 2.46. The lowest BCUT2D eigenvalue weighted by Crippen LogP contribution is -2.37. The van der Waals surface area contributed by atoms with Gasteiger partial charge in [0.2, 0.25) is 5.91 Å². The van der Waals surface area contributed by atoms with Crippen molar-refractivity contribution in [1.82, 2.24) is 4.90 Å². The minimum Gasteiger partial charge on any atom is -0.370 e. The lowest BCUT2D eigenvalue weighted by atomic mass is 10.1. The molecule has 1 aromatic rings. The maximum Gasteiger partial charge on any atom is 0.246 e. The second-order valence-corrected chi connectivity index (χ2v) is 4.45. The van der Waals surface area contributed by atoms with Crippen LogP contribution in [-0.2, 0) is 11.2 Å². The minimum absolute atomic E-state index is 0.0404. The molecule has 110 valence electrons. The molecule has 5 heteroatoms. The van der Waals surface area contributed by atoms with Crippen LogP contribution in [0.25, 0.3) is 0 Å². The number of aryl methyl sites for hydroxylation is 1. The van der Waals surface area contributed by atoms with Crippen molar-refractivity contribution in [3.05, 3.63) is 29.8 Å². The zero-order valence-electron chi connectivity index (χ0n) is 12.5. The summed E-state index contributed by atoms with van der Waals surface area (Å²) in [7, 11) is 0. The molecule has 5 nitrogen and oxygen atoms in total. The van der Waals surface area contributed by atoms with Crippen LogP contribution in [0, 0.1) is 0 Å². The highest BCUT2D eigenvalue weighted by Gasteiger charge is 2.05. The van der Waals surface area contributed by atoms with Gasteiger partial charge >= 0.3 is 0 Å². The van der Waals surface area contributed by atoms with Crippen LogP contribution in [0.1, 0.15) is 26.3 Å². The Hall–Kier alpha value is -2.04. The highest BCUT2D eigenvalue weighted by atomic mass is 16.1. The fraction of sp³-hybridized carbons (Fsp3) is 0.467. The van der Waals surface area contributed by atoms with Crippen LogP contribution in [0.4, 0.5) is 5.69 Å².